The van der Waals surface area contributed by atoms with E-state index < -0.39 is 0 Å². The van der Waals surface area contributed by atoms with Crippen molar-refractivity contribution in [3.05, 3.63) is 89.0 Å². The van der Waals surface area contributed by atoms with Crippen LogP contribution in [-0.2, 0) is 24.4 Å². The van der Waals surface area contributed by atoms with Gasteiger partial charge in [-0.05, 0) is 48.7 Å². The van der Waals surface area contributed by atoms with Crippen LogP contribution in [0.5, 0.6) is 0 Å². The number of nitrogens with zero attached hydrogens (tertiary/aromatic N) is 3. The van der Waals surface area contributed by atoms with Crippen LogP contribution >= 0.6 is 11.6 Å². The lowest BCUT2D eigenvalue weighted by atomic mass is 9.95. The number of carbonyl (C=O) groups excluding carboxylic acids is 1. The van der Waals surface area contributed by atoms with E-state index in [2.05, 4.69) is 45.5 Å². The van der Waals surface area contributed by atoms with Crippen LogP contribution in [0.1, 0.15) is 29.5 Å². The second kappa shape index (κ2) is 9.92. The third-order valence-corrected chi connectivity index (χ3v) is 6.09. The molecule has 4 rings (SSSR count). The Hall–Kier alpha value is -2.63. The van der Waals surface area contributed by atoms with E-state index in [1.54, 1.807) is 6.20 Å². The van der Waals surface area contributed by atoms with Crippen LogP contribution in [0, 0.1) is 5.92 Å². The van der Waals surface area contributed by atoms with Crippen LogP contribution in [-0.4, -0.2) is 33.4 Å². The summed E-state index contributed by atoms with van der Waals surface area (Å²) in [6, 6.07) is 16.4. The molecule has 5 nitrogen and oxygen atoms in total. The molecule has 1 N–H and O–H groups in total. The first-order chi connectivity index (χ1) is 14.7. The smallest absolute Gasteiger partial charge is 0.223 e. The highest BCUT2D eigenvalue weighted by Crippen LogP contribution is 2.22. The summed E-state index contributed by atoms with van der Waals surface area (Å²) in [4.78, 5) is 19.1. The number of rotatable bonds is 7. The van der Waals surface area contributed by atoms with Gasteiger partial charge in [-0.15, -0.1) is 0 Å². The summed E-state index contributed by atoms with van der Waals surface area (Å²) in [6.45, 7) is 4.07. The molecule has 0 atom stereocenters. The molecule has 3 aromatic rings. The van der Waals surface area contributed by atoms with Gasteiger partial charge in [0, 0.05) is 43.0 Å². The molecule has 1 amide bonds. The molecule has 1 aliphatic rings. The molecular formula is C24H27ClN4O. The molecule has 0 radical (unpaired) electrons. The molecule has 1 aromatic heterocycles. The monoisotopic (exact) mass is 422 g/mol. The van der Waals surface area contributed by atoms with Crippen molar-refractivity contribution < 1.29 is 4.79 Å². The second-order valence-corrected chi connectivity index (χ2v) is 8.32. The second-order valence-electron chi connectivity index (χ2n) is 7.91. The predicted octanol–water partition coefficient (Wildman–Crippen LogP) is 4.11. The van der Waals surface area contributed by atoms with Gasteiger partial charge < -0.3 is 9.88 Å². The van der Waals surface area contributed by atoms with Crippen molar-refractivity contribution in [3.63, 3.8) is 0 Å². The number of likely N-dealkylation sites (tertiary alicyclic amines) is 1. The normalized spacial score (nSPS) is 15.2. The van der Waals surface area contributed by atoms with Gasteiger partial charge in [0.2, 0.25) is 5.91 Å². The highest BCUT2D eigenvalue weighted by Gasteiger charge is 2.25. The lowest BCUT2D eigenvalue weighted by molar-refractivity contribution is -0.126. The minimum absolute atomic E-state index is 0.0907. The van der Waals surface area contributed by atoms with E-state index in [4.69, 9.17) is 11.6 Å². The fourth-order valence-electron chi connectivity index (χ4n) is 3.91. The van der Waals surface area contributed by atoms with Crippen molar-refractivity contribution in [2.45, 2.75) is 32.5 Å². The number of carbonyl (C=O) groups is 1. The van der Waals surface area contributed by atoms with Crippen molar-refractivity contribution in [2.75, 3.05) is 13.1 Å². The summed E-state index contributed by atoms with van der Waals surface area (Å²) >= 11 is 6.27. The molecular weight excluding hydrogens is 396 g/mol. The molecule has 30 heavy (non-hydrogen) atoms. The summed E-state index contributed by atoms with van der Waals surface area (Å²) in [6.07, 6.45) is 7.33. The standard InChI is InChI=1S/C24H27ClN4O/c25-23-4-2-1-3-22(23)17-28-12-9-21(10-13-28)24(30)27-15-19-5-7-20(8-6-19)16-29-14-11-26-18-29/h1-8,11,14,18,21H,9-10,12-13,15-17H2,(H,27,30). The van der Waals surface area contributed by atoms with Crippen molar-refractivity contribution in [3.8, 4) is 0 Å². The minimum atomic E-state index is 0.0907. The highest BCUT2D eigenvalue weighted by molar-refractivity contribution is 6.31. The number of hydrogen-bond acceptors (Lipinski definition) is 3. The SMILES string of the molecule is O=C(NCc1ccc(Cn2ccnc2)cc1)C1CCN(Cc2ccccc2Cl)CC1. The maximum Gasteiger partial charge on any atom is 0.223 e. The largest absolute Gasteiger partial charge is 0.352 e. The quantitative estimate of drug-likeness (QED) is 0.623. The van der Waals surface area contributed by atoms with Crippen molar-refractivity contribution in [1.82, 2.24) is 19.8 Å². The molecule has 0 bridgehead atoms. The van der Waals surface area contributed by atoms with Gasteiger partial charge >= 0.3 is 0 Å². The van der Waals surface area contributed by atoms with Crippen LogP contribution in [0.4, 0.5) is 0 Å². The summed E-state index contributed by atoms with van der Waals surface area (Å²) in [5.41, 5.74) is 3.49. The Morgan fingerprint density at radius 1 is 1.03 bits per heavy atom. The van der Waals surface area contributed by atoms with Gasteiger partial charge in [0.05, 0.1) is 6.33 Å². The van der Waals surface area contributed by atoms with Crippen molar-refractivity contribution in [2.24, 2.45) is 5.92 Å². The number of piperidine rings is 1. The summed E-state index contributed by atoms with van der Waals surface area (Å²) in [5.74, 6) is 0.253. The molecule has 1 aliphatic heterocycles. The maximum atomic E-state index is 12.6. The zero-order valence-electron chi connectivity index (χ0n) is 17.0. The van der Waals surface area contributed by atoms with Gasteiger partial charge in [0.15, 0.2) is 0 Å². The third kappa shape index (κ3) is 5.49. The lowest BCUT2D eigenvalue weighted by Gasteiger charge is -2.31. The van der Waals surface area contributed by atoms with Crippen LogP contribution in [0.3, 0.4) is 0 Å². The number of imidazole rings is 1. The van der Waals surface area contributed by atoms with E-state index in [1.165, 1.54) is 5.56 Å². The Labute approximate surface area is 182 Å². The Morgan fingerprint density at radius 2 is 1.77 bits per heavy atom. The summed E-state index contributed by atoms with van der Waals surface area (Å²) in [5, 5.41) is 3.93. The van der Waals surface area contributed by atoms with E-state index >= 15 is 0 Å². The van der Waals surface area contributed by atoms with E-state index in [-0.39, 0.29) is 11.8 Å². The van der Waals surface area contributed by atoms with Crippen LogP contribution in [0.15, 0.2) is 67.3 Å². The number of aromatic nitrogens is 2. The number of halogens is 1. The number of hydrogen-bond donors (Lipinski definition) is 1. The molecule has 0 saturated carbocycles. The van der Waals surface area contributed by atoms with Gasteiger partial charge in [-0.25, -0.2) is 4.98 Å². The van der Waals surface area contributed by atoms with Gasteiger partial charge in [-0.1, -0.05) is 54.1 Å². The molecule has 1 saturated heterocycles. The van der Waals surface area contributed by atoms with Gasteiger partial charge in [0.25, 0.3) is 0 Å². The first-order valence-corrected chi connectivity index (χ1v) is 10.8. The van der Waals surface area contributed by atoms with E-state index in [1.807, 2.05) is 35.3 Å². The fraction of sp³-hybridized carbons (Fsp3) is 0.333. The number of amides is 1. The third-order valence-electron chi connectivity index (χ3n) is 5.72. The maximum absolute atomic E-state index is 12.6. The lowest BCUT2D eigenvalue weighted by Crippen LogP contribution is -2.40. The van der Waals surface area contributed by atoms with Crippen molar-refractivity contribution in [1.29, 1.82) is 0 Å². The van der Waals surface area contributed by atoms with E-state index in [0.29, 0.717) is 6.54 Å². The Kier molecular flexibility index (Phi) is 6.82. The van der Waals surface area contributed by atoms with Crippen LogP contribution < -0.4 is 5.32 Å². The molecule has 0 aliphatic carbocycles. The van der Waals surface area contributed by atoms with Gasteiger partial charge in [-0.3, -0.25) is 9.69 Å². The van der Waals surface area contributed by atoms with Crippen LogP contribution in [0.2, 0.25) is 5.02 Å². The van der Waals surface area contributed by atoms with E-state index in [0.717, 1.165) is 55.2 Å². The van der Waals surface area contributed by atoms with Gasteiger partial charge in [0.1, 0.15) is 0 Å². The zero-order chi connectivity index (χ0) is 20.8. The molecule has 0 unspecified atom stereocenters. The Morgan fingerprint density at radius 3 is 2.47 bits per heavy atom. The molecule has 156 valence electrons. The first kappa shape index (κ1) is 20.6. The summed E-state index contributed by atoms with van der Waals surface area (Å²) in [7, 11) is 0. The predicted molar refractivity (Wildman–Crippen MR) is 119 cm³/mol. The molecule has 2 heterocycles. The molecule has 2 aromatic carbocycles. The summed E-state index contributed by atoms with van der Waals surface area (Å²) < 4.78 is 2.04. The average Bonchev–Trinajstić information content (AvgIpc) is 3.28. The molecule has 1 fully saturated rings. The first-order valence-electron chi connectivity index (χ1n) is 10.4. The van der Waals surface area contributed by atoms with Crippen LogP contribution in [0.25, 0.3) is 0 Å². The zero-order valence-corrected chi connectivity index (χ0v) is 17.8. The Balaban J connectivity index is 1.21. The number of benzene rings is 2. The fourth-order valence-corrected chi connectivity index (χ4v) is 4.10. The average molecular weight is 423 g/mol. The Bertz CT molecular complexity index is 948. The van der Waals surface area contributed by atoms with Crippen molar-refractivity contribution >= 4 is 17.5 Å². The minimum Gasteiger partial charge on any atom is -0.352 e. The topological polar surface area (TPSA) is 50.2 Å². The van der Waals surface area contributed by atoms with E-state index in [9.17, 15) is 4.79 Å². The highest BCUT2D eigenvalue weighted by atomic mass is 35.5. The molecule has 0 spiro atoms. The number of nitrogens with one attached hydrogen (secondary N) is 1. The molecule has 6 heteroatoms. The van der Waals surface area contributed by atoms with Gasteiger partial charge in [-0.2, -0.15) is 0 Å².